The fraction of sp³-hybridized carbons (Fsp3) is 0.200. The highest BCUT2D eigenvalue weighted by Crippen LogP contribution is 2.19. The zero-order valence-corrected chi connectivity index (χ0v) is 8.11. The first kappa shape index (κ1) is 8.74. The van der Waals surface area contributed by atoms with E-state index in [-0.39, 0.29) is 0 Å². The fourth-order valence-electron chi connectivity index (χ4n) is 1.26. The largest absolute Gasteiger partial charge is 0.458 e. The first-order chi connectivity index (χ1) is 6.65. The van der Waals surface area contributed by atoms with E-state index >= 15 is 0 Å². The molecule has 0 unspecified atom stereocenters. The van der Waals surface area contributed by atoms with Gasteiger partial charge in [-0.05, 0) is 26.0 Å². The topological polar surface area (TPSA) is 64.9 Å². The van der Waals surface area contributed by atoms with Crippen LogP contribution in [-0.4, -0.2) is 9.97 Å². The summed E-state index contributed by atoms with van der Waals surface area (Å²) in [5.74, 6) is 2.48. The maximum Gasteiger partial charge on any atom is 0.197 e. The van der Waals surface area contributed by atoms with Crippen molar-refractivity contribution < 1.29 is 4.42 Å². The van der Waals surface area contributed by atoms with Crippen molar-refractivity contribution in [3.63, 3.8) is 0 Å². The maximum absolute atomic E-state index is 5.61. The molecule has 2 rings (SSSR count). The molecule has 0 radical (unpaired) electrons. The number of hydrogen-bond donors (Lipinski definition) is 1. The Balaban J connectivity index is 2.51. The molecule has 0 saturated heterocycles. The van der Waals surface area contributed by atoms with Crippen LogP contribution < -0.4 is 5.73 Å². The molecule has 0 aliphatic rings. The molecule has 2 heterocycles. The molecular weight excluding hydrogens is 178 g/mol. The Morgan fingerprint density at radius 3 is 2.57 bits per heavy atom. The van der Waals surface area contributed by atoms with E-state index in [0.717, 1.165) is 11.5 Å². The van der Waals surface area contributed by atoms with Crippen molar-refractivity contribution >= 4 is 5.82 Å². The van der Waals surface area contributed by atoms with Crippen LogP contribution in [0.4, 0.5) is 5.82 Å². The van der Waals surface area contributed by atoms with Gasteiger partial charge >= 0.3 is 0 Å². The number of anilines is 1. The van der Waals surface area contributed by atoms with Crippen molar-refractivity contribution in [1.29, 1.82) is 0 Å². The molecule has 0 aliphatic heterocycles. The molecule has 4 heteroatoms. The second kappa shape index (κ2) is 3.14. The van der Waals surface area contributed by atoms with Gasteiger partial charge < -0.3 is 10.2 Å². The monoisotopic (exact) mass is 189 g/mol. The molecule has 0 fully saturated rings. The summed E-state index contributed by atoms with van der Waals surface area (Å²) < 4.78 is 5.40. The lowest BCUT2D eigenvalue weighted by molar-refractivity contribution is 0.544. The summed E-state index contributed by atoms with van der Waals surface area (Å²) in [4.78, 5) is 8.32. The highest BCUT2D eigenvalue weighted by molar-refractivity contribution is 5.50. The molecule has 2 aromatic rings. The van der Waals surface area contributed by atoms with E-state index in [2.05, 4.69) is 9.97 Å². The third kappa shape index (κ3) is 1.59. The number of nitrogen functional groups attached to an aromatic ring is 1. The maximum atomic E-state index is 5.61. The van der Waals surface area contributed by atoms with E-state index in [9.17, 15) is 0 Å². The molecule has 2 N–H and O–H groups in total. The summed E-state index contributed by atoms with van der Waals surface area (Å²) in [5, 5.41) is 0. The Morgan fingerprint density at radius 1 is 1.21 bits per heavy atom. The molecular formula is C10H11N3O. The van der Waals surface area contributed by atoms with Crippen LogP contribution in [0.25, 0.3) is 11.6 Å². The molecule has 0 spiro atoms. The Bertz CT molecular complexity index is 442. The van der Waals surface area contributed by atoms with Gasteiger partial charge in [-0.3, -0.25) is 0 Å². The Labute approximate surface area is 81.8 Å². The minimum absolute atomic E-state index is 0.460. The van der Waals surface area contributed by atoms with Crippen LogP contribution in [-0.2, 0) is 0 Å². The number of nitrogens with two attached hydrogens (primary N) is 1. The van der Waals surface area contributed by atoms with Gasteiger partial charge in [0.05, 0.1) is 0 Å². The lowest BCUT2D eigenvalue weighted by Gasteiger charge is -1.99. The molecule has 14 heavy (non-hydrogen) atoms. The van der Waals surface area contributed by atoms with Crippen LogP contribution in [0.1, 0.15) is 11.5 Å². The predicted molar refractivity (Wildman–Crippen MR) is 53.6 cm³/mol. The van der Waals surface area contributed by atoms with Crippen molar-refractivity contribution in [3.8, 4) is 11.6 Å². The van der Waals surface area contributed by atoms with Crippen LogP contribution in [0.2, 0.25) is 0 Å². The van der Waals surface area contributed by atoms with E-state index in [1.54, 1.807) is 6.07 Å². The molecule has 2 aromatic heterocycles. The van der Waals surface area contributed by atoms with Gasteiger partial charge in [0.2, 0.25) is 0 Å². The van der Waals surface area contributed by atoms with Crippen LogP contribution in [0.3, 0.4) is 0 Å². The van der Waals surface area contributed by atoms with Gasteiger partial charge in [-0.25, -0.2) is 9.97 Å². The zero-order chi connectivity index (χ0) is 10.1. The standard InChI is InChI=1S/C10H11N3O/c1-6-5-9(11)13-10(12-6)8-4-3-7(2)14-8/h3-5H,1-2H3,(H2,11,12,13). The normalized spacial score (nSPS) is 10.4. The third-order valence-electron chi connectivity index (χ3n) is 1.83. The Morgan fingerprint density at radius 2 is 2.00 bits per heavy atom. The van der Waals surface area contributed by atoms with Crippen molar-refractivity contribution in [2.45, 2.75) is 13.8 Å². The van der Waals surface area contributed by atoms with Gasteiger partial charge in [0, 0.05) is 11.8 Å². The minimum Gasteiger partial charge on any atom is -0.458 e. The first-order valence-corrected chi connectivity index (χ1v) is 4.33. The average molecular weight is 189 g/mol. The average Bonchev–Trinajstić information content (AvgIpc) is 2.50. The molecule has 0 aliphatic carbocycles. The molecule has 0 saturated carbocycles. The van der Waals surface area contributed by atoms with Crippen LogP contribution in [0, 0.1) is 13.8 Å². The predicted octanol–water partition coefficient (Wildman–Crippen LogP) is 1.94. The van der Waals surface area contributed by atoms with E-state index < -0.39 is 0 Å². The van der Waals surface area contributed by atoms with Gasteiger partial charge in [-0.1, -0.05) is 0 Å². The summed E-state index contributed by atoms with van der Waals surface area (Å²) >= 11 is 0. The molecule has 0 aromatic carbocycles. The molecule has 0 bridgehead atoms. The molecule has 0 amide bonds. The smallest absolute Gasteiger partial charge is 0.197 e. The fourth-order valence-corrected chi connectivity index (χ4v) is 1.26. The summed E-state index contributed by atoms with van der Waals surface area (Å²) in [6, 6.07) is 5.43. The number of nitrogens with zero attached hydrogens (tertiary/aromatic N) is 2. The van der Waals surface area contributed by atoms with Crippen LogP contribution in [0.5, 0.6) is 0 Å². The van der Waals surface area contributed by atoms with Crippen molar-refractivity contribution in [2.75, 3.05) is 5.73 Å². The van der Waals surface area contributed by atoms with Gasteiger partial charge in [0.1, 0.15) is 11.6 Å². The first-order valence-electron chi connectivity index (χ1n) is 4.33. The van der Waals surface area contributed by atoms with Crippen molar-refractivity contribution in [2.24, 2.45) is 0 Å². The molecule has 72 valence electrons. The number of aryl methyl sites for hydroxylation is 2. The second-order valence-corrected chi connectivity index (χ2v) is 3.17. The van der Waals surface area contributed by atoms with Gasteiger partial charge in [-0.2, -0.15) is 0 Å². The highest BCUT2D eigenvalue weighted by atomic mass is 16.3. The third-order valence-corrected chi connectivity index (χ3v) is 1.83. The zero-order valence-electron chi connectivity index (χ0n) is 8.11. The van der Waals surface area contributed by atoms with Crippen LogP contribution in [0.15, 0.2) is 22.6 Å². The highest BCUT2D eigenvalue weighted by Gasteiger charge is 2.06. The summed E-state index contributed by atoms with van der Waals surface area (Å²) in [6.45, 7) is 3.75. The Kier molecular flexibility index (Phi) is 1.96. The van der Waals surface area contributed by atoms with Crippen LogP contribution >= 0.6 is 0 Å². The lowest BCUT2D eigenvalue weighted by Crippen LogP contribution is -1.96. The van der Waals surface area contributed by atoms with Gasteiger partial charge in [0.25, 0.3) is 0 Å². The summed E-state index contributed by atoms with van der Waals surface area (Å²) in [7, 11) is 0. The second-order valence-electron chi connectivity index (χ2n) is 3.17. The van der Waals surface area contributed by atoms with E-state index in [1.807, 2.05) is 26.0 Å². The minimum atomic E-state index is 0.460. The number of rotatable bonds is 1. The molecule has 4 nitrogen and oxygen atoms in total. The van der Waals surface area contributed by atoms with Gasteiger partial charge in [-0.15, -0.1) is 0 Å². The van der Waals surface area contributed by atoms with E-state index in [0.29, 0.717) is 17.4 Å². The quantitative estimate of drug-likeness (QED) is 0.744. The SMILES string of the molecule is Cc1cc(N)nc(-c2ccc(C)o2)n1. The summed E-state index contributed by atoms with van der Waals surface area (Å²) in [5.41, 5.74) is 6.45. The van der Waals surface area contributed by atoms with E-state index in [1.165, 1.54) is 0 Å². The summed E-state index contributed by atoms with van der Waals surface area (Å²) in [6.07, 6.45) is 0. The Hall–Kier alpha value is -1.84. The number of aromatic nitrogens is 2. The van der Waals surface area contributed by atoms with E-state index in [4.69, 9.17) is 10.2 Å². The van der Waals surface area contributed by atoms with Crippen molar-refractivity contribution in [1.82, 2.24) is 9.97 Å². The van der Waals surface area contributed by atoms with Crippen molar-refractivity contribution in [3.05, 3.63) is 29.7 Å². The van der Waals surface area contributed by atoms with Gasteiger partial charge in [0.15, 0.2) is 11.6 Å². The molecule has 0 atom stereocenters. The number of hydrogen-bond acceptors (Lipinski definition) is 4. The lowest BCUT2D eigenvalue weighted by atomic mass is 10.3. The number of furan rings is 1.